The van der Waals surface area contributed by atoms with Gasteiger partial charge in [-0.15, -0.1) is 0 Å². The van der Waals surface area contributed by atoms with E-state index >= 15 is 0 Å². The van der Waals surface area contributed by atoms with E-state index in [0.29, 0.717) is 5.82 Å². The highest BCUT2D eigenvalue weighted by Crippen LogP contribution is 2.34. The molecule has 0 spiro atoms. The molecule has 2 aromatic carbocycles. The molecule has 5 rings (SSSR count). The lowest BCUT2D eigenvalue weighted by molar-refractivity contribution is 0.0781. The molecule has 0 radical (unpaired) electrons. The van der Waals surface area contributed by atoms with Gasteiger partial charge in [-0.05, 0) is 35.7 Å². The monoisotopic (exact) mass is 417 g/mol. The van der Waals surface area contributed by atoms with E-state index in [9.17, 15) is 9.59 Å². The van der Waals surface area contributed by atoms with Crippen LogP contribution in [0.25, 0.3) is 0 Å². The van der Waals surface area contributed by atoms with Crippen molar-refractivity contribution < 1.29 is 14.3 Å². The molecule has 31 heavy (non-hydrogen) atoms. The van der Waals surface area contributed by atoms with Gasteiger partial charge in [-0.3, -0.25) is 10.1 Å². The summed E-state index contributed by atoms with van der Waals surface area (Å²) in [6, 6.07) is 17.3. The lowest BCUT2D eigenvalue weighted by Gasteiger charge is -2.26. The SMILES string of the molecule is CN1CCc2cc(N3CCn4nc(NC(=O)OCc5ccccc5)cc43)ccc2C1=O. The van der Waals surface area contributed by atoms with E-state index in [1.165, 1.54) is 0 Å². The molecule has 0 saturated heterocycles. The van der Waals surface area contributed by atoms with Gasteiger partial charge >= 0.3 is 6.09 Å². The fourth-order valence-electron chi connectivity index (χ4n) is 4.04. The van der Waals surface area contributed by atoms with E-state index in [4.69, 9.17) is 4.74 Å². The molecule has 3 heterocycles. The van der Waals surface area contributed by atoms with Crippen LogP contribution in [0.15, 0.2) is 54.6 Å². The molecule has 158 valence electrons. The van der Waals surface area contributed by atoms with Crippen LogP contribution in [-0.2, 0) is 24.3 Å². The number of likely N-dealkylation sites (N-methyl/N-ethyl adjacent to an activating group) is 1. The molecule has 1 N–H and O–H groups in total. The summed E-state index contributed by atoms with van der Waals surface area (Å²) < 4.78 is 7.14. The van der Waals surface area contributed by atoms with Crippen LogP contribution in [0.2, 0.25) is 0 Å². The van der Waals surface area contributed by atoms with Crippen LogP contribution in [-0.4, -0.2) is 46.8 Å². The number of fused-ring (bicyclic) bond motifs is 2. The van der Waals surface area contributed by atoms with Crippen molar-refractivity contribution in [2.75, 3.05) is 30.4 Å². The third-order valence-electron chi connectivity index (χ3n) is 5.71. The van der Waals surface area contributed by atoms with Gasteiger partial charge in [0.05, 0.1) is 6.54 Å². The quantitative estimate of drug-likeness (QED) is 0.704. The largest absolute Gasteiger partial charge is 0.444 e. The Bertz CT molecular complexity index is 1140. The molecule has 1 aromatic heterocycles. The topological polar surface area (TPSA) is 79.7 Å². The zero-order valence-electron chi connectivity index (χ0n) is 17.2. The zero-order valence-corrected chi connectivity index (χ0v) is 17.2. The molecule has 0 unspecified atom stereocenters. The molecule has 8 heteroatoms. The van der Waals surface area contributed by atoms with Crippen LogP contribution in [0.1, 0.15) is 21.5 Å². The molecule has 2 aliphatic heterocycles. The Hall–Kier alpha value is -3.81. The summed E-state index contributed by atoms with van der Waals surface area (Å²) in [5.74, 6) is 1.42. The second-order valence-electron chi connectivity index (χ2n) is 7.77. The second-order valence-corrected chi connectivity index (χ2v) is 7.77. The number of hydrogen-bond donors (Lipinski definition) is 1. The predicted octanol–water partition coefficient (Wildman–Crippen LogP) is 3.41. The van der Waals surface area contributed by atoms with Crippen molar-refractivity contribution in [1.29, 1.82) is 0 Å². The molecule has 0 saturated carbocycles. The highest BCUT2D eigenvalue weighted by Gasteiger charge is 2.26. The molecular weight excluding hydrogens is 394 g/mol. The van der Waals surface area contributed by atoms with Gasteiger partial charge in [0.1, 0.15) is 12.4 Å². The van der Waals surface area contributed by atoms with E-state index in [1.54, 1.807) is 4.90 Å². The van der Waals surface area contributed by atoms with Gasteiger partial charge in [0.2, 0.25) is 0 Å². The Morgan fingerprint density at radius 3 is 2.77 bits per heavy atom. The van der Waals surface area contributed by atoms with Crippen LogP contribution >= 0.6 is 0 Å². The number of aromatic nitrogens is 2. The summed E-state index contributed by atoms with van der Waals surface area (Å²) in [5, 5.41) is 7.18. The number of hydrogen-bond acceptors (Lipinski definition) is 5. The highest BCUT2D eigenvalue weighted by atomic mass is 16.5. The average molecular weight is 417 g/mol. The third kappa shape index (κ3) is 3.72. The number of nitrogens with zero attached hydrogens (tertiary/aromatic N) is 4. The van der Waals surface area contributed by atoms with Crippen LogP contribution in [0, 0.1) is 0 Å². The zero-order chi connectivity index (χ0) is 21.4. The first-order valence-electron chi connectivity index (χ1n) is 10.3. The Morgan fingerprint density at radius 1 is 1.10 bits per heavy atom. The molecule has 3 aromatic rings. The minimum atomic E-state index is -0.538. The number of nitrogens with one attached hydrogen (secondary N) is 1. The number of carbonyl (C=O) groups is 2. The van der Waals surface area contributed by atoms with Crippen LogP contribution < -0.4 is 10.2 Å². The number of benzene rings is 2. The first kappa shape index (κ1) is 19.2. The molecule has 0 atom stereocenters. The lowest BCUT2D eigenvalue weighted by Crippen LogP contribution is -2.34. The first-order valence-corrected chi connectivity index (χ1v) is 10.3. The maximum atomic E-state index is 12.3. The van der Waals surface area contributed by atoms with Gasteiger partial charge in [0.25, 0.3) is 5.91 Å². The van der Waals surface area contributed by atoms with Crippen molar-refractivity contribution in [2.45, 2.75) is 19.6 Å². The lowest BCUT2D eigenvalue weighted by atomic mass is 9.98. The highest BCUT2D eigenvalue weighted by molar-refractivity contribution is 5.97. The smallest absolute Gasteiger partial charge is 0.413 e. The van der Waals surface area contributed by atoms with Crippen LogP contribution in [0.4, 0.5) is 22.1 Å². The molecule has 0 fully saturated rings. The van der Waals surface area contributed by atoms with Crippen LogP contribution in [0.3, 0.4) is 0 Å². The van der Waals surface area contributed by atoms with Gasteiger partial charge in [0, 0.05) is 37.5 Å². The van der Waals surface area contributed by atoms with Gasteiger partial charge < -0.3 is 14.5 Å². The van der Waals surface area contributed by atoms with Crippen molar-refractivity contribution in [3.63, 3.8) is 0 Å². The van der Waals surface area contributed by atoms with E-state index in [0.717, 1.165) is 54.3 Å². The summed E-state index contributed by atoms with van der Waals surface area (Å²) >= 11 is 0. The second kappa shape index (κ2) is 7.79. The molecule has 0 aliphatic carbocycles. The van der Waals surface area contributed by atoms with E-state index in [2.05, 4.69) is 21.4 Å². The Labute approximate surface area is 180 Å². The summed E-state index contributed by atoms with van der Waals surface area (Å²) in [7, 11) is 1.83. The Kier molecular flexibility index (Phi) is 4.82. The molecule has 0 bridgehead atoms. The van der Waals surface area contributed by atoms with Gasteiger partial charge in [-0.1, -0.05) is 30.3 Å². The number of carbonyl (C=O) groups excluding carboxylic acids is 2. The molecule has 2 amide bonds. The minimum absolute atomic E-state index is 0.0692. The number of anilines is 3. The summed E-state index contributed by atoms with van der Waals surface area (Å²) in [6.07, 6.45) is 0.307. The van der Waals surface area contributed by atoms with Crippen molar-refractivity contribution in [1.82, 2.24) is 14.7 Å². The fourth-order valence-corrected chi connectivity index (χ4v) is 4.04. The molecular formula is C23H23N5O3. The standard InChI is InChI=1S/C23H23N5O3/c1-26-10-9-17-13-18(7-8-19(17)22(26)29)27-11-12-28-21(27)14-20(25-28)24-23(30)31-15-16-5-3-2-4-6-16/h2-8,13-14H,9-12,15H2,1H3,(H,24,25,30). The predicted molar refractivity (Wildman–Crippen MR) is 117 cm³/mol. The molecule has 8 nitrogen and oxygen atoms in total. The van der Waals surface area contributed by atoms with Crippen molar-refractivity contribution in [2.24, 2.45) is 0 Å². The van der Waals surface area contributed by atoms with Crippen molar-refractivity contribution in [3.8, 4) is 0 Å². The summed E-state index contributed by atoms with van der Waals surface area (Å²) in [4.78, 5) is 28.4. The average Bonchev–Trinajstić information content (AvgIpc) is 3.35. The van der Waals surface area contributed by atoms with Gasteiger partial charge in [-0.2, -0.15) is 5.10 Å². The van der Waals surface area contributed by atoms with Crippen molar-refractivity contribution in [3.05, 3.63) is 71.3 Å². The van der Waals surface area contributed by atoms with Crippen molar-refractivity contribution >= 4 is 29.3 Å². The Morgan fingerprint density at radius 2 is 1.94 bits per heavy atom. The number of rotatable bonds is 4. The normalized spacial score (nSPS) is 14.9. The third-order valence-corrected chi connectivity index (χ3v) is 5.71. The van der Waals surface area contributed by atoms with E-state index in [1.807, 2.05) is 60.3 Å². The van der Waals surface area contributed by atoms with E-state index < -0.39 is 6.09 Å². The van der Waals surface area contributed by atoms with E-state index in [-0.39, 0.29) is 12.5 Å². The summed E-state index contributed by atoms with van der Waals surface area (Å²) in [5.41, 5.74) is 3.79. The van der Waals surface area contributed by atoms with Gasteiger partial charge in [0.15, 0.2) is 5.82 Å². The summed E-state index contributed by atoms with van der Waals surface area (Å²) in [6.45, 7) is 2.43. The fraction of sp³-hybridized carbons (Fsp3) is 0.261. The number of amides is 2. The minimum Gasteiger partial charge on any atom is -0.444 e. The number of ether oxygens (including phenoxy) is 1. The first-order chi connectivity index (χ1) is 15.1. The maximum absolute atomic E-state index is 12.3. The maximum Gasteiger partial charge on any atom is 0.413 e. The van der Waals surface area contributed by atoms with Crippen LogP contribution in [0.5, 0.6) is 0 Å². The van der Waals surface area contributed by atoms with Gasteiger partial charge in [-0.25, -0.2) is 9.48 Å². The Balaban J connectivity index is 1.28. The molecule has 2 aliphatic rings.